The van der Waals surface area contributed by atoms with Gasteiger partial charge in [0.05, 0.1) is 12.7 Å². The molecule has 0 heterocycles. The first-order valence-corrected chi connectivity index (χ1v) is 6.56. The van der Waals surface area contributed by atoms with Crippen molar-refractivity contribution < 1.29 is 9.13 Å². The number of hydrogen-bond donors (Lipinski definition) is 0. The van der Waals surface area contributed by atoms with Crippen LogP contribution in [-0.4, -0.2) is 0 Å². The van der Waals surface area contributed by atoms with E-state index in [1.807, 2.05) is 37.3 Å². The summed E-state index contributed by atoms with van der Waals surface area (Å²) in [5.41, 5.74) is 2.08. The maximum atomic E-state index is 12.9. The molecule has 0 aliphatic rings. The zero-order chi connectivity index (χ0) is 13.0. The van der Waals surface area contributed by atoms with Crippen LogP contribution in [0.1, 0.15) is 24.2 Å². The molecule has 94 valence electrons. The Morgan fingerprint density at radius 1 is 1.17 bits per heavy atom. The highest BCUT2D eigenvalue weighted by atomic mass is 79.9. The van der Waals surface area contributed by atoms with Crippen LogP contribution in [-0.2, 0) is 11.3 Å². The predicted octanol–water partition coefficient (Wildman–Crippen LogP) is 4.87. The van der Waals surface area contributed by atoms with Crippen LogP contribution < -0.4 is 0 Å². The minimum atomic E-state index is -0.248. The van der Waals surface area contributed by atoms with Gasteiger partial charge in [-0.25, -0.2) is 4.39 Å². The summed E-state index contributed by atoms with van der Waals surface area (Å²) in [6, 6.07) is 14.6. The second-order valence-corrected chi connectivity index (χ2v) is 4.95. The first kappa shape index (κ1) is 13.2. The van der Waals surface area contributed by atoms with Crippen LogP contribution in [0.4, 0.5) is 4.39 Å². The summed E-state index contributed by atoms with van der Waals surface area (Å²) in [4.78, 5) is 0. The fraction of sp³-hybridized carbons (Fsp3) is 0.200. The normalized spacial score (nSPS) is 12.4. The van der Waals surface area contributed by atoms with Crippen LogP contribution >= 0.6 is 15.9 Å². The Labute approximate surface area is 115 Å². The summed E-state index contributed by atoms with van der Waals surface area (Å²) in [7, 11) is 0. The van der Waals surface area contributed by atoms with Gasteiger partial charge in [0.15, 0.2) is 0 Å². The summed E-state index contributed by atoms with van der Waals surface area (Å²) in [6.07, 6.45) is 0.0168. The van der Waals surface area contributed by atoms with Crippen LogP contribution in [0.25, 0.3) is 0 Å². The zero-order valence-corrected chi connectivity index (χ0v) is 11.7. The number of rotatable bonds is 4. The van der Waals surface area contributed by atoms with E-state index in [0.717, 1.165) is 15.6 Å². The Hall–Kier alpha value is -1.19. The van der Waals surface area contributed by atoms with Crippen LogP contribution in [0.5, 0.6) is 0 Å². The molecule has 18 heavy (non-hydrogen) atoms. The third-order valence-corrected chi connectivity index (χ3v) is 3.51. The monoisotopic (exact) mass is 308 g/mol. The third-order valence-electron chi connectivity index (χ3n) is 2.77. The van der Waals surface area contributed by atoms with Gasteiger partial charge in [0.25, 0.3) is 0 Å². The second-order valence-electron chi connectivity index (χ2n) is 4.10. The number of ether oxygens (including phenoxy) is 1. The fourth-order valence-electron chi connectivity index (χ4n) is 1.67. The largest absolute Gasteiger partial charge is 0.369 e. The van der Waals surface area contributed by atoms with E-state index in [1.54, 1.807) is 6.07 Å². The van der Waals surface area contributed by atoms with Gasteiger partial charge in [-0.3, -0.25) is 0 Å². The molecule has 2 rings (SSSR count). The van der Waals surface area contributed by atoms with Crippen molar-refractivity contribution in [3.8, 4) is 0 Å². The quantitative estimate of drug-likeness (QED) is 0.783. The van der Waals surface area contributed by atoms with Crippen molar-refractivity contribution in [2.45, 2.75) is 19.6 Å². The maximum Gasteiger partial charge on any atom is 0.124 e. The van der Waals surface area contributed by atoms with E-state index in [0.29, 0.717) is 6.61 Å². The molecule has 0 saturated carbocycles. The smallest absolute Gasteiger partial charge is 0.124 e. The van der Waals surface area contributed by atoms with Gasteiger partial charge in [0.2, 0.25) is 0 Å². The molecule has 0 fully saturated rings. The van der Waals surface area contributed by atoms with Crippen LogP contribution in [0, 0.1) is 5.82 Å². The average Bonchev–Trinajstić information content (AvgIpc) is 2.38. The molecule has 3 heteroatoms. The van der Waals surface area contributed by atoms with Crippen molar-refractivity contribution in [1.29, 1.82) is 0 Å². The number of benzene rings is 2. The lowest BCUT2D eigenvalue weighted by Crippen LogP contribution is -2.01. The lowest BCUT2D eigenvalue weighted by atomic mass is 10.1. The van der Waals surface area contributed by atoms with Gasteiger partial charge in [-0.1, -0.05) is 52.3 Å². The third kappa shape index (κ3) is 3.40. The summed E-state index contributed by atoms with van der Waals surface area (Å²) in [5, 5.41) is 0. The second kappa shape index (κ2) is 6.12. The van der Waals surface area contributed by atoms with Gasteiger partial charge in [0, 0.05) is 4.47 Å². The van der Waals surface area contributed by atoms with E-state index in [2.05, 4.69) is 15.9 Å². The Balaban J connectivity index is 1.99. The molecule has 2 aromatic rings. The highest BCUT2D eigenvalue weighted by Crippen LogP contribution is 2.22. The van der Waals surface area contributed by atoms with E-state index in [9.17, 15) is 4.39 Å². The topological polar surface area (TPSA) is 9.23 Å². The van der Waals surface area contributed by atoms with Gasteiger partial charge < -0.3 is 4.74 Å². The summed E-state index contributed by atoms with van der Waals surface area (Å²) >= 11 is 3.33. The Morgan fingerprint density at radius 3 is 2.56 bits per heavy atom. The van der Waals surface area contributed by atoms with Gasteiger partial charge >= 0.3 is 0 Å². The molecule has 0 aromatic heterocycles. The molecular weight excluding hydrogens is 295 g/mol. The summed E-state index contributed by atoms with van der Waals surface area (Å²) in [6.45, 7) is 2.46. The fourth-order valence-corrected chi connectivity index (χ4v) is 2.14. The standard InChI is InChI=1S/C15H14BrFO/c1-11(12-5-3-2-4-6-12)18-10-13-7-8-14(17)9-15(13)16/h2-9,11H,10H2,1H3. The van der Waals surface area contributed by atoms with Gasteiger partial charge in [-0.15, -0.1) is 0 Å². The van der Waals surface area contributed by atoms with E-state index in [-0.39, 0.29) is 11.9 Å². The average molecular weight is 309 g/mol. The molecule has 1 atom stereocenters. The van der Waals surface area contributed by atoms with E-state index >= 15 is 0 Å². The molecular formula is C15H14BrFO. The molecule has 0 saturated heterocycles. The van der Waals surface area contributed by atoms with Crippen molar-refractivity contribution >= 4 is 15.9 Å². The van der Waals surface area contributed by atoms with Gasteiger partial charge in [-0.05, 0) is 30.2 Å². The summed E-state index contributed by atoms with van der Waals surface area (Å²) in [5.74, 6) is -0.248. The number of hydrogen-bond acceptors (Lipinski definition) is 1. The molecule has 0 aliphatic carbocycles. The van der Waals surface area contributed by atoms with E-state index in [1.165, 1.54) is 12.1 Å². The molecule has 0 spiro atoms. The van der Waals surface area contributed by atoms with Crippen molar-refractivity contribution in [3.63, 3.8) is 0 Å². The highest BCUT2D eigenvalue weighted by molar-refractivity contribution is 9.10. The lowest BCUT2D eigenvalue weighted by molar-refractivity contribution is 0.0522. The molecule has 1 unspecified atom stereocenters. The number of halogens is 2. The predicted molar refractivity (Wildman–Crippen MR) is 73.7 cm³/mol. The molecule has 0 radical (unpaired) electrons. The molecule has 0 bridgehead atoms. The van der Waals surface area contributed by atoms with Gasteiger partial charge in [-0.2, -0.15) is 0 Å². The van der Waals surface area contributed by atoms with Crippen molar-refractivity contribution in [2.24, 2.45) is 0 Å². The van der Waals surface area contributed by atoms with E-state index < -0.39 is 0 Å². The van der Waals surface area contributed by atoms with Crippen molar-refractivity contribution in [3.05, 3.63) is 69.9 Å². The Bertz CT molecular complexity index is 513. The zero-order valence-electron chi connectivity index (χ0n) is 10.1. The Kier molecular flexibility index (Phi) is 4.50. The molecule has 1 nitrogen and oxygen atoms in total. The molecule has 0 N–H and O–H groups in total. The molecule has 2 aromatic carbocycles. The SMILES string of the molecule is CC(OCc1ccc(F)cc1Br)c1ccccc1. The van der Waals surface area contributed by atoms with Crippen molar-refractivity contribution in [2.75, 3.05) is 0 Å². The maximum absolute atomic E-state index is 12.9. The minimum Gasteiger partial charge on any atom is -0.369 e. The van der Waals surface area contributed by atoms with Gasteiger partial charge in [0.1, 0.15) is 5.82 Å². The van der Waals surface area contributed by atoms with E-state index in [4.69, 9.17) is 4.74 Å². The van der Waals surface area contributed by atoms with Crippen LogP contribution in [0.15, 0.2) is 53.0 Å². The Morgan fingerprint density at radius 2 is 1.89 bits per heavy atom. The first-order chi connectivity index (χ1) is 8.66. The highest BCUT2D eigenvalue weighted by Gasteiger charge is 2.07. The lowest BCUT2D eigenvalue weighted by Gasteiger charge is -2.14. The molecule has 0 amide bonds. The summed E-state index contributed by atoms with van der Waals surface area (Å²) < 4.78 is 19.5. The van der Waals surface area contributed by atoms with Crippen LogP contribution in [0.2, 0.25) is 0 Å². The molecule has 0 aliphatic heterocycles. The minimum absolute atomic E-state index is 0.0168. The van der Waals surface area contributed by atoms with Crippen molar-refractivity contribution in [1.82, 2.24) is 0 Å². The van der Waals surface area contributed by atoms with Crippen LogP contribution in [0.3, 0.4) is 0 Å². The first-order valence-electron chi connectivity index (χ1n) is 5.77.